The van der Waals surface area contributed by atoms with Gasteiger partial charge in [-0.15, -0.1) is 0 Å². The van der Waals surface area contributed by atoms with Crippen molar-refractivity contribution in [2.75, 3.05) is 52.5 Å². The lowest BCUT2D eigenvalue weighted by Gasteiger charge is -2.39. The summed E-state index contributed by atoms with van der Waals surface area (Å²) in [5.74, 6) is 0. The maximum absolute atomic E-state index is 12.0. The number of piperazine rings is 2. The molecule has 0 aromatic heterocycles. The van der Waals surface area contributed by atoms with Crippen LogP contribution in [0.25, 0.3) is 0 Å². The van der Waals surface area contributed by atoms with Gasteiger partial charge in [-0.05, 0) is 46.5 Å². The molecule has 4 atom stereocenters. The van der Waals surface area contributed by atoms with Gasteiger partial charge in [-0.2, -0.15) is 0 Å². The van der Waals surface area contributed by atoms with Crippen LogP contribution in [0.3, 0.4) is 0 Å². The molecule has 1 amide bonds. The van der Waals surface area contributed by atoms with E-state index in [0.717, 1.165) is 45.6 Å². The van der Waals surface area contributed by atoms with Crippen LogP contribution in [0.15, 0.2) is 0 Å². The third-order valence-corrected chi connectivity index (χ3v) is 6.60. The molecule has 168 valence electrons. The quantitative estimate of drug-likeness (QED) is 0.608. The number of amides is 1. The lowest BCUT2D eigenvalue weighted by molar-refractivity contribution is 0.00200. The summed E-state index contributed by atoms with van der Waals surface area (Å²) in [4.78, 5) is 18.6. The van der Waals surface area contributed by atoms with E-state index < -0.39 is 5.60 Å². The largest absolute Gasteiger partial charge is 0.444 e. The minimum atomic E-state index is -0.433. The third kappa shape index (κ3) is 5.82. The SMILES string of the molecule is CC(C)(C)OC(=O)N1CCN2[C@@H](CO)CC[C@H]2C1.OC[C@H]1CC[C@H]2CNCCN12. The molecule has 3 N–H and O–H groups in total. The van der Waals surface area contributed by atoms with Crippen molar-refractivity contribution < 1.29 is 19.7 Å². The fraction of sp³-hybridized carbons (Fsp3) is 0.952. The fourth-order valence-corrected chi connectivity index (χ4v) is 5.12. The Morgan fingerprint density at radius 3 is 2.21 bits per heavy atom. The molecule has 8 heteroatoms. The van der Waals surface area contributed by atoms with E-state index >= 15 is 0 Å². The number of nitrogens with one attached hydrogen (secondary N) is 1. The van der Waals surface area contributed by atoms with E-state index in [1.807, 2.05) is 20.8 Å². The highest BCUT2D eigenvalue weighted by Gasteiger charge is 2.39. The zero-order valence-corrected chi connectivity index (χ0v) is 18.3. The Labute approximate surface area is 175 Å². The molecule has 0 aliphatic carbocycles. The summed E-state index contributed by atoms with van der Waals surface area (Å²) < 4.78 is 5.40. The molecule has 29 heavy (non-hydrogen) atoms. The monoisotopic (exact) mass is 412 g/mol. The highest BCUT2D eigenvalue weighted by atomic mass is 16.6. The second-order valence-electron chi connectivity index (χ2n) is 9.74. The second-order valence-corrected chi connectivity index (χ2v) is 9.74. The molecule has 4 fully saturated rings. The van der Waals surface area contributed by atoms with Crippen molar-refractivity contribution in [2.24, 2.45) is 0 Å². The highest BCUT2D eigenvalue weighted by molar-refractivity contribution is 5.68. The number of hydrogen-bond acceptors (Lipinski definition) is 7. The number of aliphatic hydroxyl groups is 2. The molecule has 0 spiro atoms. The zero-order chi connectivity index (χ0) is 21.0. The van der Waals surface area contributed by atoms with E-state index in [1.54, 1.807) is 4.90 Å². The summed E-state index contributed by atoms with van der Waals surface area (Å²) in [6, 6.07) is 1.85. The van der Waals surface area contributed by atoms with E-state index in [-0.39, 0.29) is 18.7 Å². The number of carbonyl (C=O) groups is 1. The number of fused-ring (bicyclic) bond motifs is 2. The van der Waals surface area contributed by atoms with Gasteiger partial charge >= 0.3 is 6.09 Å². The molecule has 0 aromatic carbocycles. The second kappa shape index (κ2) is 9.92. The molecule has 4 saturated heterocycles. The lowest BCUT2D eigenvalue weighted by Crippen LogP contribution is -2.55. The molecule has 8 nitrogen and oxygen atoms in total. The molecule has 4 aliphatic heterocycles. The molecular formula is C21H40N4O4. The molecule has 4 heterocycles. The molecule has 0 saturated carbocycles. The van der Waals surface area contributed by atoms with Gasteiger partial charge in [-0.25, -0.2) is 4.79 Å². The minimum Gasteiger partial charge on any atom is -0.444 e. The summed E-state index contributed by atoms with van der Waals surface area (Å²) in [5, 5.41) is 21.7. The minimum absolute atomic E-state index is 0.213. The van der Waals surface area contributed by atoms with Crippen LogP contribution in [0.4, 0.5) is 4.79 Å². The van der Waals surface area contributed by atoms with Crippen molar-refractivity contribution in [3.8, 4) is 0 Å². The average molecular weight is 413 g/mol. The molecular weight excluding hydrogens is 372 g/mol. The van der Waals surface area contributed by atoms with Gasteiger partial charge in [0.05, 0.1) is 13.2 Å². The fourth-order valence-electron chi connectivity index (χ4n) is 5.12. The molecule has 4 aliphatic rings. The zero-order valence-electron chi connectivity index (χ0n) is 18.3. The summed E-state index contributed by atoms with van der Waals surface area (Å²) >= 11 is 0. The number of carbonyl (C=O) groups excluding carboxylic acids is 1. The first-order valence-electron chi connectivity index (χ1n) is 11.2. The van der Waals surface area contributed by atoms with Crippen molar-refractivity contribution >= 4 is 6.09 Å². The number of nitrogens with zero attached hydrogens (tertiary/aromatic N) is 3. The van der Waals surface area contributed by atoms with Gasteiger partial charge in [0.15, 0.2) is 0 Å². The van der Waals surface area contributed by atoms with Crippen molar-refractivity contribution in [2.45, 2.75) is 76.2 Å². The van der Waals surface area contributed by atoms with Crippen molar-refractivity contribution in [3.05, 3.63) is 0 Å². The third-order valence-electron chi connectivity index (χ3n) is 6.60. The number of ether oxygens (including phenoxy) is 1. The predicted octanol–water partition coefficient (Wildman–Crippen LogP) is 0.477. The van der Waals surface area contributed by atoms with Crippen LogP contribution in [0.2, 0.25) is 0 Å². The standard InChI is InChI=1S/C13H24N2O3.C8H16N2O/c1-13(2,3)18-12(17)14-6-7-15-10(8-14)4-5-11(15)9-16;11-6-8-2-1-7-5-9-3-4-10(7)8/h10-11,16H,4-9H2,1-3H3;7-9,11H,1-6H2/t10-,11+;7-,8+/m00/s1. The van der Waals surface area contributed by atoms with Crippen LogP contribution in [0.1, 0.15) is 46.5 Å². The number of aliphatic hydroxyl groups excluding tert-OH is 2. The summed E-state index contributed by atoms with van der Waals surface area (Å²) in [5.41, 5.74) is -0.433. The number of rotatable bonds is 2. The molecule has 0 aromatic rings. The molecule has 0 bridgehead atoms. The molecule has 0 unspecified atom stereocenters. The average Bonchev–Trinajstić information content (AvgIpc) is 3.30. The van der Waals surface area contributed by atoms with Crippen LogP contribution in [-0.4, -0.2) is 113 Å². The van der Waals surface area contributed by atoms with Crippen LogP contribution < -0.4 is 5.32 Å². The smallest absolute Gasteiger partial charge is 0.410 e. The normalized spacial score (nSPS) is 32.9. The van der Waals surface area contributed by atoms with Gasteiger partial charge in [0.25, 0.3) is 0 Å². The Balaban J connectivity index is 0.000000186. The summed E-state index contributed by atoms with van der Waals surface area (Å²) in [6.45, 7) is 11.8. The van der Waals surface area contributed by atoms with E-state index in [4.69, 9.17) is 9.84 Å². The first-order valence-corrected chi connectivity index (χ1v) is 11.2. The van der Waals surface area contributed by atoms with Crippen molar-refractivity contribution in [3.63, 3.8) is 0 Å². The first-order chi connectivity index (χ1) is 13.8. The van der Waals surface area contributed by atoms with Gasteiger partial charge in [0, 0.05) is 63.4 Å². The van der Waals surface area contributed by atoms with Crippen LogP contribution in [0, 0.1) is 0 Å². The maximum atomic E-state index is 12.0. The van der Waals surface area contributed by atoms with Crippen LogP contribution >= 0.6 is 0 Å². The van der Waals surface area contributed by atoms with E-state index in [2.05, 4.69) is 15.1 Å². The Bertz CT molecular complexity index is 535. The Morgan fingerprint density at radius 1 is 0.966 bits per heavy atom. The van der Waals surface area contributed by atoms with Crippen LogP contribution in [0.5, 0.6) is 0 Å². The van der Waals surface area contributed by atoms with Gasteiger partial charge in [0.1, 0.15) is 5.60 Å². The number of hydrogen-bond donors (Lipinski definition) is 3. The predicted molar refractivity (Wildman–Crippen MR) is 112 cm³/mol. The van der Waals surface area contributed by atoms with Gasteiger partial charge in [-0.3, -0.25) is 9.80 Å². The van der Waals surface area contributed by atoms with Crippen molar-refractivity contribution in [1.29, 1.82) is 0 Å². The van der Waals surface area contributed by atoms with Gasteiger partial charge < -0.3 is 25.2 Å². The summed E-state index contributed by atoms with van der Waals surface area (Å²) in [6.07, 6.45) is 4.32. The Kier molecular flexibility index (Phi) is 7.78. The van der Waals surface area contributed by atoms with Crippen molar-refractivity contribution in [1.82, 2.24) is 20.0 Å². The summed E-state index contributed by atoms with van der Waals surface area (Å²) in [7, 11) is 0. The van der Waals surface area contributed by atoms with Gasteiger partial charge in [-0.1, -0.05) is 0 Å². The lowest BCUT2D eigenvalue weighted by atomic mass is 10.1. The molecule has 4 rings (SSSR count). The molecule has 0 radical (unpaired) electrons. The van der Waals surface area contributed by atoms with Gasteiger partial charge in [0.2, 0.25) is 0 Å². The van der Waals surface area contributed by atoms with E-state index in [9.17, 15) is 9.90 Å². The van der Waals surface area contributed by atoms with Crippen LogP contribution in [-0.2, 0) is 4.74 Å². The maximum Gasteiger partial charge on any atom is 0.410 e. The Hall–Kier alpha value is -0.930. The first kappa shape index (κ1) is 22.7. The van der Waals surface area contributed by atoms with E-state index in [0.29, 0.717) is 31.3 Å². The Morgan fingerprint density at radius 2 is 1.59 bits per heavy atom. The highest BCUT2D eigenvalue weighted by Crippen LogP contribution is 2.28. The topological polar surface area (TPSA) is 88.5 Å². The van der Waals surface area contributed by atoms with E-state index in [1.165, 1.54) is 12.8 Å².